The zero-order chi connectivity index (χ0) is 13.5. The predicted molar refractivity (Wildman–Crippen MR) is 76.0 cm³/mol. The third-order valence-electron chi connectivity index (χ3n) is 3.27. The minimum atomic E-state index is -0.0834. The maximum Gasteiger partial charge on any atom is 0.315 e. The highest BCUT2D eigenvalue weighted by molar-refractivity contribution is 5.74. The summed E-state index contributed by atoms with van der Waals surface area (Å²) in [7, 11) is 0. The molecule has 1 radical (unpaired) electrons. The van der Waals surface area contributed by atoms with Crippen molar-refractivity contribution in [3.8, 4) is 0 Å². The molecule has 1 aliphatic heterocycles. The van der Waals surface area contributed by atoms with Gasteiger partial charge in [0.2, 0.25) is 0 Å². The van der Waals surface area contributed by atoms with Gasteiger partial charge in [-0.3, -0.25) is 0 Å². The van der Waals surface area contributed by atoms with Crippen LogP contribution >= 0.6 is 0 Å². The SMILES string of the molecule is [CH2]CCNC(=O)NC1CCN(c2ccccn2)CC1. The molecule has 0 bridgehead atoms. The van der Waals surface area contributed by atoms with Crippen molar-refractivity contribution in [1.29, 1.82) is 0 Å². The van der Waals surface area contributed by atoms with Crippen molar-refractivity contribution < 1.29 is 4.79 Å². The number of aromatic nitrogens is 1. The van der Waals surface area contributed by atoms with Crippen LogP contribution in [0.15, 0.2) is 24.4 Å². The molecule has 2 amide bonds. The van der Waals surface area contributed by atoms with E-state index in [1.165, 1.54) is 0 Å². The zero-order valence-electron chi connectivity index (χ0n) is 11.1. The lowest BCUT2D eigenvalue weighted by atomic mass is 10.1. The fraction of sp³-hybridized carbons (Fsp3) is 0.500. The lowest BCUT2D eigenvalue weighted by molar-refractivity contribution is 0.234. The van der Waals surface area contributed by atoms with Crippen molar-refractivity contribution in [1.82, 2.24) is 15.6 Å². The number of carbonyl (C=O) groups is 1. The van der Waals surface area contributed by atoms with Gasteiger partial charge in [-0.05, 0) is 31.4 Å². The van der Waals surface area contributed by atoms with Gasteiger partial charge >= 0.3 is 6.03 Å². The van der Waals surface area contributed by atoms with Gasteiger partial charge in [-0.15, -0.1) is 0 Å². The van der Waals surface area contributed by atoms with Crippen LogP contribution in [0.1, 0.15) is 19.3 Å². The van der Waals surface area contributed by atoms with Crippen molar-refractivity contribution >= 4 is 11.8 Å². The van der Waals surface area contributed by atoms with Crippen molar-refractivity contribution in [2.45, 2.75) is 25.3 Å². The van der Waals surface area contributed by atoms with Gasteiger partial charge in [0.05, 0.1) is 0 Å². The predicted octanol–water partition coefficient (Wildman–Crippen LogP) is 1.57. The molecule has 1 saturated heterocycles. The molecule has 1 aromatic heterocycles. The van der Waals surface area contributed by atoms with Gasteiger partial charge in [-0.25, -0.2) is 9.78 Å². The Morgan fingerprint density at radius 2 is 2.21 bits per heavy atom. The molecular weight excluding hydrogens is 240 g/mol. The topological polar surface area (TPSA) is 57.3 Å². The van der Waals surface area contributed by atoms with E-state index in [4.69, 9.17) is 0 Å². The Labute approximate surface area is 114 Å². The molecule has 5 heteroatoms. The molecular formula is C14H21N4O. The number of amides is 2. The van der Waals surface area contributed by atoms with Crippen molar-refractivity contribution in [2.75, 3.05) is 24.5 Å². The van der Waals surface area contributed by atoms with Gasteiger partial charge in [0.25, 0.3) is 0 Å². The lowest BCUT2D eigenvalue weighted by Crippen LogP contribution is -2.48. The van der Waals surface area contributed by atoms with Crippen LogP contribution in [-0.2, 0) is 0 Å². The molecule has 1 aromatic rings. The van der Waals surface area contributed by atoms with E-state index in [9.17, 15) is 4.79 Å². The van der Waals surface area contributed by atoms with Crippen molar-refractivity contribution in [3.05, 3.63) is 31.3 Å². The summed E-state index contributed by atoms with van der Waals surface area (Å²) in [5.74, 6) is 1.02. The molecule has 0 atom stereocenters. The largest absolute Gasteiger partial charge is 0.356 e. The van der Waals surface area contributed by atoms with Crippen LogP contribution in [0.5, 0.6) is 0 Å². The highest BCUT2D eigenvalue weighted by atomic mass is 16.2. The van der Waals surface area contributed by atoms with Gasteiger partial charge in [0.15, 0.2) is 0 Å². The molecule has 0 aromatic carbocycles. The first kappa shape index (κ1) is 13.6. The van der Waals surface area contributed by atoms with E-state index in [1.54, 1.807) is 0 Å². The Hall–Kier alpha value is -1.78. The molecule has 19 heavy (non-hydrogen) atoms. The van der Waals surface area contributed by atoms with Gasteiger partial charge < -0.3 is 15.5 Å². The normalized spacial score (nSPS) is 16.2. The maximum absolute atomic E-state index is 11.5. The van der Waals surface area contributed by atoms with Crippen LogP contribution in [0, 0.1) is 6.92 Å². The summed E-state index contributed by atoms with van der Waals surface area (Å²) in [6.45, 7) is 6.17. The molecule has 1 fully saturated rings. The number of hydrogen-bond donors (Lipinski definition) is 2. The Morgan fingerprint density at radius 1 is 1.42 bits per heavy atom. The van der Waals surface area contributed by atoms with E-state index in [1.807, 2.05) is 24.4 Å². The summed E-state index contributed by atoms with van der Waals surface area (Å²) in [5, 5.41) is 5.78. The fourth-order valence-electron chi connectivity index (χ4n) is 2.23. The zero-order valence-corrected chi connectivity index (χ0v) is 11.1. The molecule has 2 heterocycles. The van der Waals surface area contributed by atoms with E-state index in [0.717, 1.165) is 31.7 Å². The number of carbonyl (C=O) groups excluding carboxylic acids is 1. The second kappa shape index (κ2) is 6.97. The second-order valence-corrected chi connectivity index (χ2v) is 4.70. The summed E-state index contributed by atoms with van der Waals surface area (Å²) < 4.78 is 0. The average molecular weight is 261 g/mol. The van der Waals surface area contributed by atoms with Crippen LogP contribution in [0.4, 0.5) is 10.6 Å². The summed E-state index contributed by atoms with van der Waals surface area (Å²) in [5.41, 5.74) is 0. The Balaban J connectivity index is 1.75. The first-order valence-corrected chi connectivity index (χ1v) is 6.79. The standard InChI is InChI=1S/C14H21N4O/c1-2-8-16-14(19)17-12-6-10-18(11-7-12)13-5-3-4-9-15-13/h3-5,9,12H,1-2,6-8,10-11H2,(H2,16,17,19). The number of anilines is 1. The molecule has 0 aliphatic carbocycles. The second-order valence-electron chi connectivity index (χ2n) is 4.70. The van der Waals surface area contributed by atoms with E-state index < -0.39 is 0 Å². The number of nitrogens with zero attached hydrogens (tertiary/aromatic N) is 2. The highest BCUT2D eigenvalue weighted by Gasteiger charge is 2.21. The lowest BCUT2D eigenvalue weighted by Gasteiger charge is -2.33. The minimum Gasteiger partial charge on any atom is -0.356 e. The molecule has 5 nitrogen and oxygen atoms in total. The first-order valence-electron chi connectivity index (χ1n) is 6.79. The molecule has 2 rings (SSSR count). The van der Waals surface area contributed by atoms with E-state index in [0.29, 0.717) is 13.0 Å². The van der Waals surface area contributed by atoms with Gasteiger partial charge in [-0.2, -0.15) is 0 Å². The highest BCUT2D eigenvalue weighted by Crippen LogP contribution is 2.16. The van der Waals surface area contributed by atoms with Gasteiger partial charge in [0.1, 0.15) is 5.82 Å². The van der Waals surface area contributed by atoms with Gasteiger partial charge in [0, 0.05) is 31.9 Å². The first-order chi connectivity index (χ1) is 9.29. The summed E-state index contributed by atoms with van der Waals surface area (Å²) >= 11 is 0. The number of piperidine rings is 1. The molecule has 0 saturated carbocycles. The number of nitrogens with one attached hydrogen (secondary N) is 2. The van der Waals surface area contributed by atoms with E-state index >= 15 is 0 Å². The molecule has 0 spiro atoms. The van der Waals surface area contributed by atoms with E-state index in [-0.39, 0.29) is 12.1 Å². The van der Waals surface area contributed by atoms with Crippen LogP contribution in [0.2, 0.25) is 0 Å². The monoisotopic (exact) mass is 261 g/mol. The molecule has 2 N–H and O–H groups in total. The van der Waals surface area contributed by atoms with Crippen molar-refractivity contribution in [3.63, 3.8) is 0 Å². The molecule has 0 unspecified atom stereocenters. The summed E-state index contributed by atoms with van der Waals surface area (Å²) in [4.78, 5) is 18.1. The summed E-state index contributed by atoms with van der Waals surface area (Å²) in [6, 6.07) is 6.11. The van der Waals surface area contributed by atoms with Gasteiger partial charge in [-0.1, -0.05) is 13.0 Å². The van der Waals surface area contributed by atoms with Crippen LogP contribution in [0.25, 0.3) is 0 Å². The third-order valence-corrected chi connectivity index (χ3v) is 3.27. The van der Waals surface area contributed by atoms with Crippen LogP contribution in [0.3, 0.4) is 0 Å². The smallest absolute Gasteiger partial charge is 0.315 e. The Kier molecular flexibility index (Phi) is 5.01. The number of urea groups is 1. The fourth-order valence-corrected chi connectivity index (χ4v) is 2.23. The summed E-state index contributed by atoms with van der Waals surface area (Å²) in [6.07, 6.45) is 4.43. The minimum absolute atomic E-state index is 0.0834. The van der Waals surface area contributed by atoms with Crippen LogP contribution < -0.4 is 15.5 Å². The third kappa shape index (κ3) is 4.12. The Morgan fingerprint density at radius 3 is 2.84 bits per heavy atom. The average Bonchev–Trinajstić information content (AvgIpc) is 2.47. The number of pyridine rings is 1. The maximum atomic E-state index is 11.5. The van der Waals surface area contributed by atoms with Crippen LogP contribution in [-0.4, -0.2) is 36.7 Å². The van der Waals surface area contributed by atoms with Crippen molar-refractivity contribution in [2.24, 2.45) is 0 Å². The van der Waals surface area contributed by atoms with E-state index in [2.05, 4.69) is 27.4 Å². The quantitative estimate of drug-likeness (QED) is 0.865. The molecule has 103 valence electrons. The molecule has 1 aliphatic rings. The Bertz CT molecular complexity index is 388. The number of hydrogen-bond acceptors (Lipinski definition) is 3. The number of rotatable bonds is 4.